The largest absolute Gasteiger partial charge is 0.338 e. The van der Waals surface area contributed by atoms with Crippen molar-refractivity contribution in [1.29, 1.82) is 0 Å². The Morgan fingerprint density at radius 2 is 2.00 bits per heavy atom. The summed E-state index contributed by atoms with van der Waals surface area (Å²) in [6.45, 7) is 0.856. The molecule has 1 aliphatic heterocycles. The van der Waals surface area contributed by atoms with Crippen LogP contribution in [0.5, 0.6) is 0 Å². The van der Waals surface area contributed by atoms with Gasteiger partial charge in [0.1, 0.15) is 5.03 Å². The number of hydrogen-bond donors (Lipinski definition) is 0. The predicted molar refractivity (Wildman–Crippen MR) is 84.2 cm³/mol. The third kappa shape index (κ3) is 3.45. The fourth-order valence-electron chi connectivity index (χ4n) is 2.70. The number of aromatic nitrogens is 1. The number of carbonyl (C=O) groups excluding carboxylic acids is 1. The molecular formula is C17H18N2OS. The number of amides is 1. The highest BCUT2D eigenvalue weighted by Crippen LogP contribution is 2.31. The molecule has 1 fully saturated rings. The molecule has 2 heterocycles. The van der Waals surface area contributed by atoms with Crippen LogP contribution in [-0.4, -0.2) is 22.8 Å². The molecule has 1 amide bonds. The number of pyridine rings is 1. The summed E-state index contributed by atoms with van der Waals surface area (Å²) in [6.07, 6.45) is 6.19. The van der Waals surface area contributed by atoms with Crippen LogP contribution in [0.4, 0.5) is 0 Å². The number of rotatable bonds is 4. The Bertz CT molecular complexity index is 585. The van der Waals surface area contributed by atoms with Crippen LogP contribution in [0.25, 0.3) is 0 Å². The second kappa shape index (κ2) is 6.76. The molecular weight excluding hydrogens is 280 g/mol. The number of hydrogen-bond acceptors (Lipinski definition) is 3. The van der Waals surface area contributed by atoms with Crippen molar-refractivity contribution in [2.24, 2.45) is 0 Å². The number of likely N-dealkylation sites (tertiary alicyclic amines) is 1. The van der Waals surface area contributed by atoms with Gasteiger partial charge in [0.25, 0.3) is 0 Å². The van der Waals surface area contributed by atoms with Crippen LogP contribution in [-0.2, 0) is 4.79 Å². The second-order valence-electron chi connectivity index (χ2n) is 5.20. The quantitative estimate of drug-likeness (QED) is 0.802. The third-order valence-electron chi connectivity index (χ3n) is 3.79. The van der Waals surface area contributed by atoms with E-state index in [-0.39, 0.29) is 6.04 Å². The number of benzene rings is 1. The van der Waals surface area contributed by atoms with Gasteiger partial charge in [-0.2, -0.15) is 0 Å². The second-order valence-corrected chi connectivity index (χ2v) is 6.29. The van der Waals surface area contributed by atoms with Crippen LogP contribution in [0.15, 0.2) is 58.6 Å². The van der Waals surface area contributed by atoms with Crippen LogP contribution in [0, 0.1) is 0 Å². The molecule has 3 rings (SSSR count). The highest BCUT2D eigenvalue weighted by Gasteiger charge is 2.22. The van der Waals surface area contributed by atoms with E-state index in [2.05, 4.69) is 23.2 Å². The maximum atomic E-state index is 11.2. The molecule has 0 aliphatic carbocycles. The molecule has 1 saturated heterocycles. The summed E-state index contributed by atoms with van der Waals surface area (Å²) in [6, 6.07) is 14.6. The summed E-state index contributed by atoms with van der Waals surface area (Å²) in [5.74, 6) is 0. The molecule has 108 valence electrons. The maximum Gasteiger partial charge on any atom is 0.210 e. The van der Waals surface area contributed by atoms with Crippen molar-refractivity contribution in [3.05, 3.63) is 54.2 Å². The van der Waals surface area contributed by atoms with Crippen molar-refractivity contribution < 1.29 is 4.79 Å². The van der Waals surface area contributed by atoms with Gasteiger partial charge >= 0.3 is 0 Å². The Labute approximate surface area is 129 Å². The van der Waals surface area contributed by atoms with Crippen LogP contribution >= 0.6 is 11.8 Å². The van der Waals surface area contributed by atoms with E-state index >= 15 is 0 Å². The lowest BCUT2D eigenvalue weighted by atomic mass is 9.97. The number of piperidine rings is 1. The summed E-state index contributed by atoms with van der Waals surface area (Å²) in [4.78, 5) is 18.8. The minimum Gasteiger partial charge on any atom is -0.338 e. The van der Waals surface area contributed by atoms with Gasteiger partial charge in [-0.1, -0.05) is 36.0 Å². The molecule has 0 spiro atoms. The van der Waals surface area contributed by atoms with E-state index in [0.717, 1.165) is 36.4 Å². The highest BCUT2D eigenvalue weighted by molar-refractivity contribution is 7.99. The van der Waals surface area contributed by atoms with Gasteiger partial charge in [-0.15, -0.1) is 0 Å². The number of nitrogens with zero attached hydrogens (tertiary/aromatic N) is 2. The fourth-order valence-corrected chi connectivity index (χ4v) is 3.47. The van der Waals surface area contributed by atoms with Gasteiger partial charge in [-0.05, 0) is 43.0 Å². The fraction of sp³-hybridized carbons (Fsp3) is 0.294. The van der Waals surface area contributed by atoms with Gasteiger partial charge in [0.05, 0.1) is 6.04 Å². The minimum atomic E-state index is 0.194. The molecule has 2 aromatic rings. The zero-order chi connectivity index (χ0) is 14.5. The molecule has 0 bridgehead atoms. The third-order valence-corrected chi connectivity index (χ3v) is 4.75. The maximum absolute atomic E-state index is 11.2. The van der Waals surface area contributed by atoms with Crippen molar-refractivity contribution in [2.45, 2.75) is 35.2 Å². The van der Waals surface area contributed by atoms with Crippen molar-refractivity contribution >= 4 is 18.2 Å². The van der Waals surface area contributed by atoms with Crippen LogP contribution in [0.1, 0.15) is 30.9 Å². The first-order valence-corrected chi connectivity index (χ1v) is 8.08. The van der Waals surface area contributed by atoms with E-state index in [4.69, 9.17) is 0 Å². The topological polar surface area (TPSA) is 33.2 Å². The van der Waals surface area contributed by atoms with Gasteiger partial charge in [-0.3, -0.25) is 4.79 Å². The van der Waals surface area contributed by atoms with Crippen molar-refractivity contribution in [1.82, 2.24) is 9.88 Å². The van der Waals surface area contributed by atoms with Crippen LogP contribution in [0.2, 0.25) is 0 Å². The summed E-state index contributed by atoms with van der Waals surface area (Å²) in [5.41, 5.74) is 1.14. The van der Waals surface area contributed by atoms with Gasteiger partial charge in [0.2, 0.25) is 6.41 Å². The molecule has 3 nitrogen and oxygen atoms in total. The molecule has 1 aromatic heterocycles. The molecule has 1 atom stereocenters. The zero-order valence-electron chi connectivity index (χ0n) is 11.8. The molecule has 4 heteroatoms. The van der Waals surface area contributed by atoms with E-state index in [0.29, 0.717) is 0 Å². The lowest BCUT2D eigenvalue weighted by molar-refractivity contribution is -0.121. The zero-order valence-corrected chi connectivity index (χ0v) is 12.6. The van der Waals surface area contributed by atoms with E-state index in [1.807, 2.05) is 35.4 Å². The molecule has 0 radical (unpaired) electrons. The smallest absolute Gasteiger partial charge is 0.210 e. The van der Waals surface area contributed by atoms with Gasteiger partial charge in [0.15, 0.2) is 0 Å². The SMILES string of the molecule is O=CN1CCCC[C@@H]1c1ccc(Sc2ccccc2)nc1. The molecule has 0 N–H and O–H groups in total. The Morgan fingerprint density at radius 1 is 1.14 bits per heavy atom. The first kappa shape index (κ1) is 14.1. The average molecular weight is 298 g/mol. The molecule has 1 aliphatic rings. The Hall–Kier alpha value is -1.81. The summed E-state index contributed by atoms with van der Waals surface area (Å²) >= 11 is 1.66. The molecule has 0 saturated carbocycles. The Morgan fingerprint density at radius 3 is 2.71 bits per heavy atom. The van der Waals surface area contributed by atoms with Gasteiger partial charge in [0, 0.05) is 17.6 Å². The van der Waals surface area contributed by atoms with E-state index in [1.165, 1.54) is 11.3 Å². The minimum absolute atomic E-state index is 0.194. The first-order valence-electron chi connectivity index (χ1n) is 7.27. The molecule has 21 heavy (non-hydrogen) atoms. The Balaban J connectivity index is 1.73. The molecule has 1 aromatic carbocycles. The van der Waals surface area contributed by atoms with E-state index < -0.39 is 0 Å². The monoisotopic (exact) mass is 298 g/mol. The highest BCUT2D eigenvalue weighted by atomic mass is 32.2. The van der Waals surface area contributed by atoms with Crippen molar-refractivity contribution in [2.75, 3.05) is 6.54 Å². The first-order chi connectivity index (χ1) is 10.4. The lowest BCUT2D eigenvalue weighted by Gasteiger charge is -2.32. The average Bonchev–Trinajstić information content (AvgIpc) is 2.56. The van der Waals surface area contributed by atoms with Crippen molar-refractivity contribution in [3.63, 3.8) is 0 Å². The van der Waals surface area contributed by atoms with Crippen molar-refractivity contribution in [3.8, 4) is 0 Å². The normalized spacial score (nSPS) is 18.5. The summed E-state index contributed by atoms with van der Waals surface area (Å²) < 4.78 is 0. The lowest BCUT2D eigenvalue weighted by Crippen LogP contribution is -2.32. The number of carbonyl (C=O) groups is 1. The van der Waals surface area contributed by atoms with Gasteiger partial charge < -0.3 is 4.90 Å². The molecule has 0 unspecified atom stereocenters. The summed E-state index contributed by atoms with van der Waals surface area (Å²) in [5, 5.41) is 0.985. The van der Waals surface area contributed by atoms with Gasteiger partial charge in [-0.25, -0.2) is 4.98 Å². The van der Waals surface area contributed by atoms with E-state index in [9.17, 15) is 4.79 Å². The predicted octanol–water partition coefficient (Wildman–Crippen LogP) is 3.92. The van der Waals surface area contributed by atoms with Crippen LogP contribution < -0.4 is 0 Å². The summed E-state index contributed by atoms with van der Waals surface area (Å²) in [7, 11) is 0. The van der Waals surface area contributed by atoms with Crippen LogP contribution in [0.3, 0.4) is 0 Å². The standard InChI is InChI=1S/C17H18N2OS/c20-13-19-11-5-4-8-16(19)14-9-10-17(18-12-14)21-15-6-2-1-3-7-15/h1-3,6-7,9-10,12-13,16H,4-5,8,11H2/t16-/m1/s1. The Kier molecular flexibility index (Phi) is 4.55. The van der Waals surface area contributed by atoms with E-state index in [1.54, 1.807) is 11.8 Å².